The van der Waals surface area contributed by atoms with Gasteiger partial charge in [0.05, 0.1) is 0 Å². The van der Waals surface area contributed by atoms with Gasteiger partial charge in [0.1, 0.15) is 11.0 Å². The standard InChI is InChI=1S/C22H27ClN4OS/c1-5-12-27(13-6-2)20-15-19(23)24-22(25-20)29-16-17-10-9-11-18(14-17)21(28)26(7-3)8-4/h5-6,9-11,14-15H,1-2,7-8,12-13,16H2,3-4H3. The summed E-state index contributed by atoms with van der Waals surface area (Å²) in [4.78, 5) is 25.4. The van der Waals surface area contributed by atoms with E-state index in [1.54, 1.807) is 6.07 Å². The second-order valence-corrected chi connectivity index (χ2v) is 7.61. The van der Waals surface area contributed by atoms with Crippen LogP contribution in [0.15, 0.2) is 60.8 Å². The van der Waals surface area contributed by atoms with Crippen LogP contribution in [-0.2, 0) is 5.75 Å². The molecule has 1 heterocycles. The van der Waals surface area contributed by atoms with Gasteiger partial charge in [-0.1, -0.05) is 47.6 Å². The molecule has 0 saturated heterocycles. The number of carbonyl (C=O) groups excluding carboxylic acids is 1. The van der Waals surface area contributed by atoms with Gasteiger partial charge in [-0.2, -0.15) is 0 Å². The maximum Gasteiger partial charge on any atom is 0.253 e. The van der Waals surface area contributed by atoms with E-state index in [1.807, 2.05) is 60.1 Å². The van der Waals surface area contributed by atoms with Gasteiger partial charge in [-0.15, -0.1) is 13.2 Å². The van der Waals surface area contributed by atoms with E-state index >= 15 is 0 Å². The van der Waals surface area contributed by atoms with E-state index in [-0.39, 0.29) is 5.91 Å². The number of thioether (sulfide) groups is 1. The minimum absolute atomic E-state index is 0.0487. The second kappa shape index (κ2) is 11.6. The van der Waals surface area contributed by atoms with Crippen molar-refractivity contribution in [1.29, 1.82) is 0 Å². The number of nitrogens with zero attached hydrogens (tertiary/aromatic N) is 4. The number of aromatic nitrogens is 2. The third-order valence-electron chi connectivity index (χ3n) is 4.28. The Morgan fingerprint density at radius 1 is 1.14 bits per heavy atom. The van der Waals surface area contributed by atoms with Crippen LogP contribution in [0.2, 0.25) is 5.15 Å². The van der Waals surface area contributed by atoms with Crippen molar-refractivity contribution in [2.45, 2.75) is 24.8 Å². The smallest absolute Gasteiger partial charge is 0.253 e. The van der Waals surface area contributed by atoms with Crippen molar-refractivity contribution in [2.75, 3.05) is 31.1 Å². The molecule has 2 rings (SSSR count). The maximum atomic E-state index is 12.6. The Bertz CT molecular complexity index is 844. The summed E-state index contributed by atoms with van der Waals surface area (Å²) in [6.07, 6.45) is 3.62. The zero-order valence-electron chi connectivity index (χ0n) is 17.0. The first kappa shape index (κ1) is 23.0. The van der Waals surface area contributed by atoms with Crippen LogP contribution in [-0.4, -0.2) is 47.0 Å². The Morgan fingerprint density at radius 3 is 2.45 bits per heavy atom. The Kier molecular flexibility index (Phi) is 9.22. The molecule has 154 valence electrons. The molecule has 0 unspecified atom stereocenters. The van der Waals surface area contributed by atoms with Crippen LogP contribution in [0.3, 0.4) is 0 Å². The largest absolute Gasteiger partial charge is 0.349 e. The average molecular weight is 431 g/mol. The van der Waals surface area contributed by atoms with Gasteiger partial charge in [0.2, 0.25) is 0 Å². The van der Waals surface area contributed by atoms with Crippen LogP contribution >= 0.6 is 23.4 Å². The molecule has 0 aliphatic heterocycles. The SMILES string of the molecule is C=CCN(CC=C)c1cc(Cl)nc(SCc2cccc(C(=O)N(CC)CC)c2)n1. The number of rotatable bonds is 11. The summed E-state index contributed by atoms with van der Waals surface area (Å²) < 4.78 is 0. The predicted octanol–water partition coefficient (Wildman–Crippen LogP) is 5.08. The molecule has 0 atom stereocenters. The van der Waals surface area contributed by atoms with Crippen molar-refractivity contribution in [1.82, 2.24) is 14.9 Å². The van der Waals surface area contributed by atoms with Gasteiger partial charge < -0.3 is 9.80 Å². The molecule has 0 fully saturated rings. The van der Waals surface area contributed by atoms with Crippen LogP contribution in [0, 0.1) is 0 Å². The summed E-state index contributed by atoms with van der Waals surface area (Å²) in [6, 6.07) is 9.43. The van der Waals surface area contributed by atoms with Crippen LogP contribution in [0.4, 0.5) is 5.82 Å². The lowest BCUT2D eigenvalue weighted by molar-refractivity contribution is 0.0773. The molecule has 29 heavy (non-hydrogen) atoms. The number of amides is 1. The molecule has 0 radical (unpaired) electrons. The first-order valence-corrected chi connectivity index (χ1v) is 10.9. The van der Waals surface area contributed by atoms with Crippen molar-refractivity contribution >= 4 is 35.1 Å². The topological polar surface area (TPSA) is 49.3 Å². The molecule has 0 aliphatic rings. The number of anilines is 1. The van der Waals surface area contributed by atoms with Crippen molar-refractivity contribution in [2.24, 2.45) is 0 Å². The molecule has 1 aromatic heterocycles. The Balaban J connectivity index is 2.15. The van der Waals surface area contributed by atoms with Crippen LogP contribution in [0.25, 0.3) is 0 Å². The summed E-state index contributed by atoms with van der Waals surface area (Å²) in [6.45, 7) is 14.2. The highest BCUT2D eigenvalue weighted by Crippen LogP contribution is 2.25. The van der Waals surface area contributed by atoms with Gasteiger partial charge in [0.15, 0.2) is 5.16 Å². The maximum absolute atomic E-state index is 12.6. The molecule has 0 aliphatic carbocycles. The first-order chi connectivity index (χ1) is 14.0. The molecular formula is C22H27ClN4OS. The molecule has 0 N–H and O–H groups in total. The number of benzene rings is 1. The highest BCUT2D eigenvalue weighted by Gasteiger charge is 2.13. The van der Waals surface area contributed by atoms with Crippen molar-refractivity contribution in [3.63, 3.8) is 0 Å². The molecule has 0 saturated carbocycles. The van der Waals surface area contributed by atoms with E-state index in [0.29, 0.717) is 47.8 Å². The second-order valence-electron chi connectivity index (χ2n) is 6.28. The third-order valence-corrected chi connectivity index (χ3v) is 5.39. The lowest BCUT2D eigenvalue weighted by Gasteiger charge is -2.20. The van der Waals surface area contributed by atoms with Gasteiger partial charge in [-0.05, 0) is 31.5 Å². The van der Waals surface area contributed by atoms with Crippen molar-refractivity contribution in [3.05, 3.63) is 71.9 Å². The summed E-state index contributed by atoms with van der Waals surface area (Å²) in [7, 11) is 0. The monoisotopic (exact) mass is 430 g/mol. The number of halogens is 1. The summed E-state index contributed by atoms with van der Waals surface area (Å²) in [5.74, 6) is 1.42. The molecule has 7 heteroatoms. The molecule has 1 aromatic carbocycles. The molecule has 2 aromatic rings. The first-order valence-electron chi connectivity index (χ1n) is 9.54. The van der Waals surface area contributed by atoms with Crippen LogP contribution in [0.5, 0.6) is 0 Å². The summed E-state index contributed by atoms with van der Waals surface area (Å²) >= 11 is 7.70. The van der Waals surface area contributed by atoms with Crippen LogP contribution < -0.4 is 4.90 Å². The Hall–Kier alpha value is -2.31. The van der Waals surface area contributed by atoms with Crippen LogP contribution in [0.1, 0.15) is 29.8 Å². The fourth-order valence-corrected chi connectivity index (χ4v) is 3.84. The number of hydrogen-bond acceptors (Lipinski definition) is 5. The lowest BCUT2D eigenvalue weighted by atomic mass is 10.1. The van der Waals surface area contributed by atoms with E-state index in [9.17, 15) is 4.79 Å². The molecule has 0 bridgehead atoms. The molecular weight excluding hydrogens is 404 g/mol. The number of carbonyl (C=O) groups is 1. The van der Waals surface area contributed by atoms with E-state index in [1.165, 1.54) is 11.8 Å². The fourth-order valence-electron chi connectivity index (χ4n) is 2.82. The van der Waals surface area contributed by atoms with Gasteiger partial charge in [-0.25, -0.2) is 9.97 Å². The van der Waals surface area contributed by atoms with E-state index < -0.39 is 0 Å². The third kappa shape index (κ3) is 6.61. The summed E-state index contributed by atoms with van der Waals surface area (Å²) in [5.41, 5.74) is 1.73. The van der Waals surface area contributed by atoms with Crippen molar-refractivity contribution < 1.29 is 4.79 Å². The molecule has 1 amide bonds. The minimum atomic E-state index is 0.0487. The number of hydrogen-bond donors (Lipinski definition) is 0. The average Bonchev–Trinajstić information content (AvgIpc) is 2.72. The Labute approximate surface area is 182 Å². The van der Waals surface area contributed by atoms with E-state index in [2.05, 4.69) is 23.1 Å². The minimum Gasteiger partial charge on any atom is -0.349 e. The lowest BCUT2D eigenvalue weighted by Crippen LogP contribution is -2.30. The highest BCUT2D eigenvalue weighted by molar-refractivity contribution is 7.98. The highest BCUT2D eigenvalue weighted by atomic mass is 35.5. The fraction of sp³-hybridized carbons (Fsp3) is 0.318. The van der Waals surface area contributed by atoms with Gasteiger partial charge in [0, 0.05) is 43.6 Å². The predicted molar refractivity (Wildman–Crippen MR) is 123 cm³/mol. The zero-order valence-corrected chi connectivity index (χ0v) is 18.5. The van der Waals surface area contributed by atoms with Crippen molar-refractivity contribution in [3.8, 4) is 0 Å². The van der Waals surface area contributed by atoms with Gasteiger partial charge >= 0.3 is 0 Å². The molecule has 5 nitrogen and oxygen atoms in total. The molecule has 0 spiro atoms. The van der Waals surface area contributed by atoms with E-state index in [4.69, 9.17) is 11.6 Å². The van der Waals surface area contributed by atoms with Gasteiger partial charge in [-0.3, -0.25) is 4.79 Å². The van der Waals surface area contributed by atoms with E-state index in [0.717, 1.165) is 11.4 Å². The summed E-state index contributed by atoms with van der Waals surface area (Å²) in [5, 5.41) is 0.979. The Morgan fingerprint density at radius 2 is 1.83 bits per heavy atom. The quantitative estimate of drug-likeness (QED) is 0.215. The van der Waals surface area contributed by atoms with Gasteiger partial charge in [0.25, 0.3) is 5.91 Å². The normalized spacial score (nSPS) is 10.4. The zero-order chi connectivity index (χ0) is 21.2.